The molecule has 2 heterocycles. The summed E-state index contributed by atoms with van der Waals surface area (Å²) in [5, 5.41) is 0. The predicted molar refractivity (Wildman–Crippen MR) is 56.6 cm³/mol. The number of aromatic nitrogens is 1. The molecule has 80 valence electrons. The van der Waals surface area contributed by atoms with Crippen LogP contribution in [0.15, 0.2) is 24.4 Å². The Labute approximate surface area is 89.5 Å². The van der Waals surface area contributed by atoms with Gasteiger partial charge in [-0.15, -0.1) is 0 Å². The minimum absolute atomic E-state index is 0.0821. The van der Waals surface area contributed by atoms with E-state index < -0.39 is 0 Å². The zero-order valence-electron chi connectivity index (χ0n) is 8.69. The smallest absolute Gasteiger partial charge is 0.120 e. The van der Waals surface area contributed by atoms with Crippen LogP contribution in [-0.4, -0.2) is 24.5 Å². The van der Waals surface area contributed by atoms with Crippen molar-refractivity contribution < 1.29 is 9.53 Å². The lowest BCUT2D eigenvalue weighted by atomic mass is 9.75. The van der Waals surface area contributed by atoms with E-state index >= 15 is 0 Å². The summed E-state index contributed by atoms with van der Waals surface area (Å²) in [6.07, 6.45) is 5.12. The summed E-state index contributed by atoms with van der Waals surface area (Å²) in [5.41, 5.74) is 0.946. The van der Waals surface area contributed by atoms with Gasteiger partial charge in [0.25, 0.3) is 0 Å². The maximum Gasteiger partial charge on any atom is 0.120 e. The Balaban J connectivity index is 2.29. The lowest BCUT2D eigenvalue weighted by Gasteiger charge is -2.35. The van der Waals surface area contributed by atoms with Crippen molar-refractivity contribution in [3.8, 4) is 0 Å². The van der Waals surface area contributed by atoms with Crippen LogP contribution in [0.25, 0.3) is 0 Å². The van der Waals surface area contributed by atoms with Gasteiger partial charge in [0.2, 0.25) is 0 Å². The van der Waals surface area contributed by atoms with Crippen LogP contribution in [-0.2, 0) is 14.9 Å². The van der Waals surface area contributed by atoms with E-state index in [4.69, 9.17) is 4.74 Å². The molecular weight excluding hydrogens is 190 g/mol. The summed E-state index contributed by atoms with van der Waals surface area (Å²) in [7, 11) is 0. The number of hydrogen-bond acceptors (Lipinski definition) is 3. The number of nitrogens with zero attached hydrogens (tertiary/aromatic N) is 1. The van der Waals surface area contributed by atoms with Gasteiger partial charge in [0.05, 0.1) is 0 Å². The van der Waals surface area contributed by atoms with E-state index in [0.29, 0.717) is 6.42 Å². The van der Waals surface area contributed by atoms with Crippen molar-refractivity contribution in [2.45, 2.75) is 24.7 Å². The molecule has 1 aliphatic heterocycles. The number of rotatable bonds is 3. The van der Waals surface area contributed by atoms with Crippen molar-refractivity contribution in [3.05, 3.63) is 30.1 Å². The van der Waals surface area contributed by atoms with Crippen molar-refractivity contribution in [3.63, 3.8) is 0 Å². The van der Waals surface area contributed by atoms with Crippen LogP contribution in [0.1, 0.15) is 25.0 Å². The summed E-state index contributed by atoms with van der Waals surface area (Å²) >= 11 is 0. The van der Waals surface area contributed by atoms with Crippen LogP contribution in [0.5, 0.6) is 0 Å². The summed E-state index contributed by atoms with van der Waals surface area (Å²) in [6, 6.07) is 5.89. The van der Waals surface area contributed by atoms with Gasteiger partial charge in [0.15, 0.2) is 0 Å². The number of carbonyl (C=O) groups is 1. The van der Waals surface area contributed by atoms with Crippen LogP contribution in [0.2, 0.25) is 0 Å². The van der Waals surface area contributed by atoms with Crippen molar-refractivity contribution in [1.82, 2.24) is 4.98 Å². The Morgan fingerprint density at radius 3 is 2.80 bits per heavy atom. The highest BCUT2D eigenvalue weighted by Crippen LogP contribution is 2.35. The number of carbonyl (C=O) groups excluding carboxylic acids is 1. The van der Waals surface area contributed by atoms with Gasteiger partial charge in [-0.25, -0.2) is 0 Å². The minimum atomic E-state index is -0.0821. The molecule has 3 heteroatoms. The molecule has 1 aromatic rings. The third-order valence-electron chi connectivity index (χ3n) is 3.13. The SMILES string of the molecule is O=CCC1(c2ccccn2)CCOCC1. The lowest BCUT2D eigenvalue weighted by molar-refractivity contribution is -0.109. The number of hydrogen-bond donors (Lipinski definition) is 0. The van der Waals surface area contributed by atoms with Crippen LogP contribution in [0, 0.1) is 0 Å². The zero-order chi connectivity index (χ0) is 10.6. The Bertz CT molecular complexity index is 318. The maximum absolute atomic E-state index is 10.8. The Kier molecular flexibility index (Phi) is 3.11. The first-order chi connectivity index (χ1) is 7.37. The molecule has 15 heavy (non-hydrogen) atoms. The first-order valence-corrected chi connectivity index (χ1v) is 5.30. The van der Waals surface area contributed by atoms with Crippen LogP contribution in [0.4, 0.5) is 0 Å². The Morgan fingerprint density at radius 2 is 2.20 bits per heavy atom. The van der Waals surface area contributed by atoms with Crippen LogP contribution < -0.4 is 0 Å². The van der Waals surface area contributed by atoms with Crippen molar-refractivity contribution in [2.24, 2.45) is 0 Å². The van der Waals surface area contributed by atoms with Crippen molar-refractivity contribution in [2.75, 3.05) is 13.2 Å². The summed E-state index contributed by atoms with van der Waals surface area (Å²) in [5.74, 6) is 0. The molecule has 1 aliphatic rings. The lowest BCUT2D eigenvalue weighted by Crippen LogP contribution is -2.35. The molecule has 2 rings (SSSR count). The van der Waals surface area contributed by atoms with E-state index in [2.05, 4.69) is 4.98 Å². The molecule has 0 aromatic carbocycles. The van der Waals surface area contributed by atoms with E-state index in [1.807, 2.05) is 18.2 Å². The fourth-order valence-corrected chi connectivity index (χ4v) is 2.16. The number of pyridine rings is 1. The average Bonchev–Trinajstić information content (AvgIpc) is 2.32. The standard InChI is InChI=1S/C12H15NO2/c14-8-4-12(5-9-15-10-6-12)11-3-1-2-7-13-11/h1-3,7-8H,4-6,9-10H2. The van der Waals surface area contributed by atoms with E-state index in [1.54, 1.807) is 6.20 Å². The third kappa shape index (κ3) is 2.07. The van der Waals surface area contributed by atoms with Gasteiger partial charge >= 0.3 is 0 Å². The maximum atomic E-state index is 10.8. The molecule has 0 spiro atoms. The zero-order valence-corrected chi connectivity index (χ0v) is 8.69. The van der Waals surface area contributed by atoms with Gasteiger partial charge in [0.1, 0.15) is 6.29 Å². The molecule has 0 bridgehead atoms. The highest BCUT2D eigenvalue weighted by molar-refractivity contribution is 5.53. The van der Waals surface area contributed by atoms with E-state index in [9.17, 15) is 4.79 Å². The highest BCUT2D eigenvalue weighted by atomic mass is 16.5. The molecule has 0 radical (unpaired) electrons. The van der Waals surface area contributed by atoms with Crippen molar-refractivity contribution in [1.29, 1.82) is 0 Å². The molecule has 1 fully saturated rings. The fraction of sp³-hybridized carbons (Fsp3) is 0.500. The summed E-state index contributed by atoms with van der Waals surface area (Å²) in [6.45, 7) is 1.45. The fourth-order valence-electron chi connectivity index (χ4n) is 2.16. The second kappa shape index (κ2) is 4.53. The third-order valence-corrected chi connectivity index (χ3v) is 3.13. The van der Waals surface area contributed by atoms with Gasteiger partial charge in [0, 0.05) is 36.9 Å². The van der Waals surface area contributed by atoms with Gasteiger partial charge < -0.3 is 9.53 Å². The molecule has 0 N–H and O–H groups in total. The number of ether oxygens (including phenoxy) is 1. The highest BCUT2D eigenvalue weighted by Gasteiger charge is 2.35. The average molecular weight is 205 g/mol. The van der Waals surface area contributed by atoms with Crippen LogP contribution >= 0.6 is 0 Å². The van der Waals surface area contributed by atoms with Gasteiger partial charge in [-0.05, 0) is 25.0 Å². The van der Waals surface area contributed by atoms with E-state index in [0.717, 1.165) is 38.0 Å². The molecule has 0 amide bonds. The summed E-state index contributed by atoms with van der Waals surface area (Å²) < 4.78 is 5.35. The van der Waals surface area contributed by atoms with Crippen molar-refractivity contribution >= 4 is 6.29 Å². The molecular formula is C12H15NO2. The monoisotopic (exact) mass is 205 g/mol. The van der Waals surface area contributed by atoms with Gasteiger partial charge in [-0.3, -0.25) is 4.98 Å². The Morgan fingerprint density at radius 1 is 1.40 bits per heavy atom. The molecule has 1 saturated heterocycles. The molecule has 0 aliphatic carbocycles. The first kappa shape index (κ1) is 10.3. The Hall–Kier alpha value is -1.22. The predicted octanol–water partition coefficient (Wildman–Crippen LogP) is 1.72. The van der Waals surface area contributed by atoms with Gasteiger partial charge in [-0.1, -0.05) is 6.07 Å². The van der Waals surface area contributed by atoms with Crippen LogP contribution in [0.3, 0.4) is 0 Å². The largest absolute Gasteiger partial charge is 0.381 e. The molecule has 0 saturated carbocycles. The normalized spacial score (nSPS) is 19.7. The first-order valence-electron chi connectivity index (χ1n) is 5.30. The minimum Gasteiger partial charge on any atom is -0.381 e. The van der Waals surface area contributed by atoms with E-state index in [1.165, 1.54) is 0 Å². The van der Waals surface area contributed by atoms with Gasteiger partial charge in [-0.2, -0.15) is 0 Å². The second-order valence-electron chi connectivity index (χ2n) is 3.98. The second-order valence-corrected chi connectivity index (χ2v) is 3.98. The quantitative estimate of drug-likeness (QED) is 0.705. The summed E-state index contributed by atoms with van der Waals surface area (Å²) in [4.78, 5) is 15.2. The molecule has 1 aromatic heterocycles. The van der Waals surface area contributed by atoms with E-state index in [-0.39, 0.29) is 5.41 Å². The molecule has 0 atom stereocenters. The molecule has 0 unspecified atom stereocenters. The molecule has 3 nitrogen and oxygen atoms in total. The topological polar surface area (TPSA) is 39.2 Å². The number of aldehydes is 1.